The highest BCUT2D eigenvalue weighted by molar-refractivity contribution is 7.13. The summed E-state index contributed by atoms with van der Waals surface area (Å²) in [5.41, 5.74) is 0.416. The van der Waals surface area contributed by atoms with Crippen LogP contribution in [0.25, 0.3) is 0 Å². The van der Waals surface area contributed by atoms with E-state index < -0.39 is 23.5 Å². The zero-order valence-electron chi connectivity index (χ0n) is 15.5. The number of thiazole rings is 1. The van der Waals surface area contributed by atoms with Gasteiger partial charge in [0.05, 0.1) is 32.1 Å². The average molecular weight is 412 g/mol. The molecule has 29 heavy (non-hydrogen) atoms. The lowest BCUT2D eigenvalue weighted by atomic mass is 9.95. The second-order valence-corrected chi connectivity index (χ2v) is 6.98. The second-order valence-electron chi connectivity index (χ2n) is 6.11. The minimum Gasteiger partial charge on any atom is -0.503 e. The molecule has 148 valence electrons. The van der Waals surface area contributed by atoms with Crippen LogP contribution in [-0.2, 0) is 4.79 Å². The molecule has 0 saturated heterocycles. The van der Waals surface area contributed by atoms with Crippen molar-refractivity contribution in [2.45, 2.75) is 6.04 Å². The van der Waals surface area contributed by atoms with Gasteiger partial charge in [0.25, 0.3) is 5.91 Å². The lowest BCUT2D eigenvalue weighted by Gasteiger charge is -2.25. The standard InChI is InChI=1S/C20H16N2O6S/c1-26-12-8-11(9-13(10-12)27-2)16-15(17(23)14-4-3-6-28-14)18(24)19(25)22(16)20-21-5-7-29-20/h3-10,16,24H,1-2H3. The van der Waals surface area contributed by atoms with Gasteiger partial charge in [0.1, 0.15) is 11.5 Å². The fourth-order valence-corrected chi connectivity index (χ4v) is 3.88. The Labute approximate surface area is 169 Å². The van der Waals surface area contributed by atoms with Crippen molar-refractivity contribution in [3.63, 3.8) is 0 Å². The molecule has 8 nitrogen and oxygen atoms in total. The van der Waals surface area contributed by atoms with Crippen molar-refractivity contribution in [2.75, 3.05) is 19.1 Å². The number of aliphatic hydroxyl groups excluding tert-OH is 1. The van der Waals surface area contributed by atoms with Crippen molar-refractivity contribution < 1.29 is 28.6 Å². The molecule has 1 N–H and O–H groups in total. The molecule has 3 heterocycles. The Morgan fingerprint density at radius 1 is 1.24 bits per heavy atom. The van der Waals surface area contributed by atoms with Crippen molar-refractivity contribution in [1.29, 1.82) is 0 Å². The summed E-state index contributed by atoms with van der Waals surface area (Å²) in [6, 6.07) is 7.12. The highest BCUT2D eigenvalue weighted by atomic mass is 32.1. The number of aliphatic hydroxyl groups is 1. The molecule has 4 rings (SSSR count). The number of hydrogen-bond donors (Lipinski definition) is 1. The number of ketones is 1. The molecule has 1 aliphatic heterocycles. The number of nitrogens with zero attached hydrogens (tertiary/aromatic N) is 2. The quantitative estimate of drug-likeness (QED) is 0.618. The number of aromatic nitrogens is 1. The number of Topliss-reactive ketones (excluding diaryl/α,β-unsaturated/α-hetero) is 1. The molecule has 0 saturated carbocycles. The van der Waals surface area contributed by atoms with Gasteiger partial charge in [0, 0.05) is 17.6 Å². The van der Waals surface area contributed by atoms with E-state index in [4.69, 9.17) is 13.9 Å². The van der Waals surface area contributed by atoms with Gasteiger partial charge in [-0.25, -0.2) is 4.98 Å². The molecule has 1 unspecified atom stereocenters. The molecule has 0 aliphatic carbocycles. The van der Waals surface area contributed by atoms with E-state index in [1.165, 1.54) is 42.8 Å². The molecule has 1 amide bonds. The number of hydrogen-bond acceptors (Lipinski definition) is 8. The van der Waals surface area contributed by atoms with Crippen LogP contribution in [0.15, 0.2) is 63.9 Å². The van der Waals surface area contributed by atoms with Crippen LogP contribution in [0.4, 0.5) is 5.13 Å². The van der Waals surface area contributed by atoms with E-state index in [1.807, 2.05) is 0 Å². The van der Waals surface area contributed by atoms with Crippen LogP contribution in [0.5, 0.6) is 11.5 Å². The van der Waals surface area contributed by atoms with E-state index in [9.17, 15) is 14.7 Å². The van der Waals surface area contributed by atoms with Gasteiger partial charge in [-0.05, 0) is 29.8 Å². The number of anilines is 1. The van der Waals surface area contributed by atoms with Gasteiger partial charge in [-0.3, -0.25) is 14.5 Å². The largest absolute Gasteiger partial charge is 0.503 e. The van der Waals surface area contributed by atoms with Crippen LogP contribution in [0.2, 0.25) is 0 Å². The first-order valence-corrected chi connectivity index (χ1v) is 9.40. The molecule has 0 bridgehead atoms. The molecule has 0 fully saturated rings. The first kappa shape index (κ1) is 18.8. The Balaban J connectivity index is 1.91. The molecule has 3 aromatic rings. The third-order valence-corrected chi connectivity index (χ3v) is 5.28. The second kappa shape index (κ2) is 7.44. The Kier molecular flexibility index (Phi) is 4.81. The third kappa shape index (κ3) is 3.15. The number of benzene rings is 1. The van der Waals surface area contributed by atoms with Gasteiger partial charge in [-0.2, -0.15) is 0 Å². The zero-order valence-corrected chi connectivity index (χ0v) is 16.3. The Morgan fingerprint density at radius 3 is 2.52 bits per heavy atom. The first-order valence-electron chi connectivity index (χ1n) is 8.52. The van der Waals surface area contributed by atoms with E-state index in [1.54, 1.807) is 35.8 Å². The average Bonchev–Trinajstić information content (AvgIpc) is 3.49. The third-order valence-electron chi connectivity index (χ3n) is 4.51. The molecule has 2 aromatic heterocycles. The van der Waals surface area contributed by atoms with Crippen LogP contribution in [0.1, 0.15) is 22.2 Å². The monoisotopic (exact) mass is 412 g/mol. The Bertz CT molecular complexity index is 1070. The number of carbonyl (C=O) groups excluding carboxylic acids is 2. The number of rotatable bonds is 6. The van der Waals surface area contributed by atoms with E-state index in [-0.39, 0.29) is 11.3 Å². The van der Waals surface area contributed by atoms with Crippen molar-refractivity contribution in [3.8, 4) is 11.5 Å². The van der Waals surface area contributed by atoms with Crippen LogP contribution in [-0.4, -0.2) is 36.0 Å². The summed E-state index contributed by atoms with van der Waals surface area (Å²) in [6.07, 6.45) is 2.89. The van der Waals surface area contributed by atoms with Gasteiger partial charge in [-0.1, -0.05) is 0 Å². The first-order chi connectivity index (χ1) is 14.0. The normalized spacial score (nSPS) is 16.4. The van der Waals surface area contributed by atoms with Crippen molar-refractivity contribution >= 4 is 28.2 Å². The minimum absolute atomic E-state index is 0.0141. The smallest absolute Gasteiger partial charge is 0.296 e. The van der Waals surface area contributed by atoms with Gasteiger partial charge >= 0.3 is 0 Å². The SMILES string of the molecule is COc1cc(OC)cc(C2C(C(=O)c3ccco3)=C(O)C(=O)N2c2nccs2)c1. The fourth-order valence-electron chi connectivity index (χ4n) is 3.21. The lowest BCUT2D eigenvalue weighted by molar-refractivity contribution is -0.117. The summed E-state index contributed by atoms with van der Waals surface area (Å²) in [4.78, 5) is 31.5. The molecule has 1 aliphatic rings. The van der Waals surface area contributed by atoms with Crippen molar-refractivity contribution in [3.05, 3.63) is 70.8 Å². The summed E-state index contributed by atoms with van der Waals surface area (Å²) in [5.74, 6) is -0.994. The van der Waals surface area contributed by atoms with Gasteiger partial charge in [0.2, 0.25) is 5.78 Å². The molecular formula is C20H16N2O6S. The maximum Gasteiger partial charge on any atom is 0.296 e. The molecular weight excluding hydrogens is 396 g/mol. The summed E-state index contributed by atoms with van der Waals surface area (Å²) in [6.45, 7) is 0. The van der Waals surface area contributed by atoms with E-state index >= 15 is 0 Å². The molecule has 9 heteroatoms. The molecule has 0 radical (unpaired) electrons. The molecule has 1 aromatic carbocycles. The molecule has 1 atom stereocenters. The Morgan fingerprint density at radius 2 is 1.97 bits per heavy atom. The van der Waals surface area contributed by atoms with Gasteiger partial charge in [0.15, 0.2) is 16.7 Å². The highest BCUT2D eigenvalue weighted by Crippen LogP contribution is 2.44. The topological polar surface area (TPSA) is 102 Å². The van der Waals surface area contributed by atoms with E-state index in [0.717, 1.165) is 0 Å². The van der Waals surface area contributed by atoms with E-state index in [0.29, 0.717) is 22.2 Å². The fraction of sp³-hybridized carbons (Fsp3) is 0.150. The van der Waals surface area contributed by atoms with Crippen molar-refractivity contribution in [2.24, 2.45) is 0 Å². The van der Waals surface area contributed by atoms with Crippen LogP contribution in [0.3, 0.4) is 0 Å². The molecule has 0 spiro atoms. The lowest BCUT2D eigenvalue weighted by Crippen LogP contribution is -2.31. The maximum atomic E-state index is 13.1. The number of amides is 1. The zero-order chi connectivity index (χ0) is 20.5. The van der Waals surface area contributed by atoms with Gasteiger partial charge < -0.3 is 19.0 Å². The van der Waals surface area contributed by atoms with Gasteiger partial charge in [-0.15, -0.1) is 11.3 Å². The number of methoxy groups -OCH3 is 2. The predicted molar refractivity (Wildman–Crippen MR) is 105 cm³/mol. The number of furan rings is 1. The number of carbonyl (C=O) groups is 2. The summed E-state index contributed by atoms with van der Waals surface area (Å²) in [7, 11) is 3.00. The van der Waals surface area contributed by atoms with Crippen LogP contribution in [0, 0.1) is 0 Å². The van der Waals surface area contributed by atoms with Crippen LogP contribution >= 0.6 is 11.3 Å². The number of ether oxygens (including phenoxy) is 2. The minimum atomic E-state index is -0.935. The summed E-state index contributed by atoms with van der Waals surface area (Å²) >= 11 is 1.21. The summed E-state index contributed by atoms with van der Waals surface area (Å²) < 4.78 is 15.9. The van der Waals surface area contributed by atoms with E-state index in [2.05, 4.69) is 4.98 Å². The van der Waals surface area contributed by atoms with Crippen molar-refractivity contribution in [1.82, 2.24) is 4.98 Å². The van der Waals surface area contributed by atoms with Crippen LogP contribution < -0.4 is 14.4 Å². The highest BCUT2D eigenvalue weighted by Gasteiger charge is 2.46. The predicted octanol–water partition coefficient (Wildman–Crippen LogP) is 3.54. The maximum absolute atomic E-state index is 13.1. The Hall–Kier alpha value is -3.59. The summed E-state index contributed by atoms with van der Waals surface area (Å²) in [5, 5.41) is 12.7.